The summed E-state index contributed by atoms with van der Waals surface area (Å²) < 4.78 is 21.9. The normalized spacial score (nSPS) is 16.2. The van der Waals surface area contributed by atoms with Crippen LogP contribution in [-0.2, 0) is 11.5 Å². The van der Waals surface area contributed by atoms with Gasteiger partial charge in [-0.1, -0.05) is 31.8 Å². The van der Waals surface area contributed by atoms with E-state index in [1.807, 2.05) is 12.3 Å². The van der Waals surface area contributed by atoms with E-state index in [1.165, 1.54) is 6.07 Å². The maximum atomic E-state index is 13.7. The van der Waals surface area contributed by atoms with Crippen LogP contribution in [0, 0.1) is 5.82 Å². The third-order valence-corrected chi connectivity index (χ3v) is 6.63. The van der Waals surface area contributed by atoms with E-state index in [9.17, 15) is 4.39 Å². The predicted octanol–water partition coefficient (Wildman–Crippen LogP) is 4.47. The number of hydrogen-bond acceptors (Lipinski definition) is 3. The minimum atomic E-state index is -1.12. The molecule has 0 atom stereocenters. The van der Waals surface area contributed by atoms with Crippen LogP contribution in [0.5, 0.6) is 0 Å². The lowest BCUT2D eigenvalue weighted by molar-refractivity contribution is 0.0849. The summed E-state index contributed by atoms with van der Waals surface area (Å²) in [6.45, 7) is 10.3. The highest BCUT2D eigenvalue weighted by atomic mass is 28.3. The highest BCUT2D eigenvalue weighted by molar-refractivity contribution is 6.76. The van der Waals surface area contributed by atoms with E-state index in [-0.39, 0.29) is 5.82 Å². The first-order valence-electron chi connectivity index (χ1n) is 9.54. The Morgan fingerprint density at radius 2 is 2.04 bits per heavy atom. The van der Waals surface area contributed by atoms with Gasteiger partial charge in [0.25, 0.3) is 0 Å². The number of rotatable bonds is 7. The van der Waals surface area contributed by atoms with Gasteiger partial charge in [-0.05, 0) is 44.1 Å². The van der Waals surface area contributed by atoms with Gasteiger partial charge >= 0.3 is 0 Å². The fourth-order valence-corrected chi connectivity index (χ4v) is 4.10. The first kappa shape index (κ1) is 19.3. The molecular weight excluding hydrogens is 345 g/mol. The molecule has 1 saturated heterocycles. The second kappa shape index (κ2) is 8.46. The van der Waals surface area contributed by atoms with Crippen molar-refractivity contribution < 1.29 is 9.13 Å². The molecule has 2 heterocycles. The Labute approximate surface area is 156 Å². The van der Waals surface area contributed by atoms with Crippen LogP contribution in [0.15, 0.2) is 30.5 Å². The second-order valence-corrected chi connectivity index (χ2v) is 13.9. The molecule has 0 spiro atoms. The average molecular weight is 376 g/mol. The molecule has 1 aromatic carbocycles. The summed E-state index contributed by atoms with van der Waals surface area (Å²) in [4.78, 5) is 4.71. The number of nitrogens with one attached hydrogen (secondary N) is 1. The molecular formula is C20H30FN3OSi. The largest absolute Gasteiger partial charge is 0.361 e. The van der Waals surface area contributed by atoms with Gasteiger partial charge in [0, 0.05) is 26.2 Å². The van der Waals surface area contributed by atoms with Gasteiger partial charge in [-0.2, -0.15) is 0 Å². The fourth-order valence-electron chi connectivity index (χ4n) is 3.34. The van der Waals surface area contributed by atoms with Gasteiger partial charge in [0.05, 0.1) is 11.9 Å². The third kappa shape index (κ3) is 5.02. The van der Waals surface area contributed by atoms with E-state index in [4.69, 9.17) is 9.72 Å². The smallest absolute Gasteiger partial charge is 0.124 e. The van der Waals surface area contributed by atoms with Gasteiger partial charge in [-0.15, -0.1) is 0 Å². The maximum absolute atomic E-state index is 13.7. The van der Waals surface area contributed by atoms with E-state index in [0.29, 0.717) is 12.6 Å². The van der Waals surface area contributed by atoms with Crippen molar-refractivity contribution in [3.8, 4) is 11.3 Å². The topological polar surface area (TPSA) is 39.1 Å². The molecule has 3 rings (SSSR count). The number of nitrogens with zero attached hydrogens (tertiary/aromatic N) is 2. The predicted molar refractivity (Wildman–Crippen MR) is 107 cm³/mol. The molecule has 1 N–H and O–H groups in total. The standard InChI is InChI=1S/C20H30FN3OSi/c1-26(2,3)12-11-25-15-24-19(17-5-4-6-18(21)13-17)14-23-20(24)16-7-9-22-10-8-16/h4-6,13-14,16,22H,7-12,15H2,1-3H3. The van der Waals surface area contributed by atoms with Gasteiger partial charge < -0.3 is 14.6 Å². The molecule has 0 saturated carbocycles. The van der Waals surface area contributed by atoms with Gasteiger partial charge in [-0.25, -0.2) is 9.37 Å². The molecule has 1 aromatic heterocycles. The van der Waals surface area contributed by atoms with Crippen molar-refractivity contribution in [3.63, 3.8) is 0 Å². The molecule has 0 unspecified atom stereocenters. The van der Waals surface area contributed by atoms with Crippen LogP contribution in [0.3, 0.4) is 0 Å². The highest BCUT2D eigenvalue weighted by Gasteiger charge is 2.23. The Morgan fingerprint density at radius 3 is 2.73 bits per heavy atom. The summed E-state index contributed by atoms with van der Waals surface area (Å²) in [6.07, 6.45) is 4.02. The van der Waals surface area contributed by atoms with E-state index in [1.54, 1.807) is 12.1 Å². The van der Waals surface area contributed by atoms with Crippen LogP contribution in [0.1, 0.15) is 24.6 Å². The molecule has 1 fully saturated rings. The molecule has 1 aliphatic rings. The maximum Gasteiger partial charge on any atom is 0.124 e. The van der Waals surface area contributed by atoms with Crippen molar-refractivity contribution in [2.45, 2.75) is 51.2 Å². The molecule has 0 radical (unpaired) electrons. The quantitative estimate of drug-likeness (QED) is 0.573. The lowest BCUT2D eigenvalue weighted by Gasteiger charge is -2.24. The summed E-state index contributed by atoms with van der Waals surface area (Å²) in [5, 5.41) is 3.41. The van der Waals surface area contributed by atoms with Crippen LogP contribution in [0.4, 0.5) is 4.39 Å². The van der Waals surface area contributed by atoms with E-state index in [0.717, 1.165) is 55.7 Å². The monoisotopic (exact) mass is 375 g/mol. The van der Waals surface area contributed by atoms with Crippen LogP contribution in [-0.4, -0.2) is 37.3 Å². The molecule has 1 aliphatic heterocycles. The number of benzene rings is 1. The molecule has 2 aromatic rings. The zero-order chi connectivity index (χ0) is 18.6. The van der Waals surface area contributed by atoms with Crippen molar-refractivity contribution >= 4 is 8.07 Å². The van der Waals surface area contributed by atoms with Gasteiger partial charge in [0.15, 0.2) is 0 Å². The van der Waals surface area contributed by atoms with Gasteiger partial charge in [0.1, 0.15) is 18.4 Å². The number of ether oxygens (including phenoxy) is 1. The minimum Gasteiger partial charge on any atom is -0.361 e. The SMILES string of the molecule is C[Si](C)(C)CCOCn1c(-c2cccc(F)c2)cnc1C1CCNCC1. The fraction of sp³-hybridized carbons (Fsp3) is 0.550. The van der Waals surface area contributed by atoms with Crippen molar-refractivity contribution in [1.29, 1.82) is 0 Å². The Kier molecular flexibility index (Phi) is 6.27. The highest BCUT2D eigenvalue weighted by Crippen LogP contribution is 2.29. The summed E-state index contributed by atoms with van der Waals surface area (Å²) in [6, 6.07) is 7.87. The minimum absolute atomic E-state index is 0.224. The van der Waals surface area contributed by atoms with Gasteiger partial charge in [-0.3, -0.25) is 0 Å². The van der Waals surface area contributed by atoms with Crippen molar-refractivity contribution in [2.24, 2.45) is 0 Å². The van der Waals surface area contributed by atoms with Crippen molar-refractivity contribution in [1.82, 2.24) is 14.9 Å². The Hall–Kier alpha value is -1.50. The number of halogens is 1. The third-order valence-electron chi connectivity index (χ3n) is 4.93. The van der Waals surface area contributed by atoms with Crippen LogP contribution < -0.4 is 5.32 Å². The van der Waals surface area contributed by atoms with Crippen molar-refractivity contribution in [2.75, 3.05) is 19.7 Å². The number of imidazole rings is 1. The molecule has 0 amide bonds. The Balaban J connectivity index is 1.83. The number of piperidine rings is 1. The zero-order valence-corrected chi connectivity index (χ0v) is 17.1. The molecule has 26 heavy (non-hydrogen) atoms. The van der Waals surface area contributed by atoms with Gasteiger partial charge in [0.2, 0.25) is 0 Å². The van der Waals surface area contributed by atoms with Crippen LogP contribution in [0.25, 0.3) is 11.3 Å². The average Bonchev–Trinajstić information content (AvgIpc) is 3.02. The van der Waals surface area contributed by atoms with Crippen LogP contribution in [0.2, 0.25) is 25.7 Å². The van der Waals surface area contributed by atoms with E-state index >= 15 is 0 Å². The van der Waals surface area contributed by atoms with Crippen molar-refractivity contribution in [3.05, 3.63) is 42.1 Å². The first-order chi connectivity index (χ1) is 12.4. The molecule has 0 bridgehead atoms. The lowest BCUT2D eigenvalue weighted by Crippen LogP contribution is -2.28. The first-order valence-corrected chi connectivity index (χ1v) is 13.2. The molecule has 4 nitrogen and oxygen atoms in total. The second-order valence-electron chi connectivity index (χ2n) is 8.31. The zero-order valence-electron chi connectivity index (χ0n) is 16.1. The molecule has 6 heteroatoms. The van der Waals surface area contributed by atoms with Crippen LogP contribution >= 0.6 is 0 Å². The van der Waals surface area contributed by atoms with E-state index < -0.39 is 8.07 Å². The summed E-state index contributed by atoms with van der Waals surface area (Å²) >= 11 is 0. The summed E-state index contributed by atoms with van der Waals surface area (Å²) in [5.74, 6) is 1.27. The number of hydrogen-bond donors (Lipinski definition) is 1. The molecule has 142 valence electrons. The summed E-state index contributed by atoms with van der Waals surface area (Å²) in [5.41, 5.74) is 1.79. The lowest BCUT2D eigenvalue weighted by atomic mass is 9.97. The number of aromatic nitrogens is 2. The molecule has 0 aliphatic carbocycles. The Morgan fingerprint density at radius 1 is 1.27 bits per heavy atom. The van der Waals surface area contributed by atoms with E-state index in [2.05, 4.69) is 29.5 Å². The summed E-state index contributed by atoms with van der Waals surface area (Å²) in [7, 11) is -1.12. The Bertz CT molecular complexity index is 720.